The highest BCUT2D eigenvalue weighted by molar-refractivity contribution is 5.90. The van der Waals surface area contributed by atoms with E-state index in [0.29, 0.717) is 39.3 Å². The lowest BCUT2D eigenvalue weighted by molar-refractivity contribution is -0.141. The Balaban J connectivity index is 0.000000399. The van der Waals surface area contributed by atoms with Gasteiger partial charge in [0, 0.05) is 51.4 Å². The first-order chi connectivity index (χ1) is 36.5. The Kier molecular flexibility index (Phi) is 27.1. The Hall–Kier alpha value is -6.22. The minimum Gasteiger partial charge on any atom is -0.445 e. The van der Waals surface area contributed by atoms with Crippen LogP contribution in [0.15, 0.2) is 134 Å². The molecule has 2 fully saturated rings. The summed E-state index contributed by atoms with van der Waals surface area (Å²) in [6, 6.07) is 37.7. The number of carbonyl (C=O) groups is 5. The van der Waals surface area contributed by atoms with Crippen molar-refractivity contribution in [2.24, 2.45) is 16.6 Å². The van der Waals surface area contributed by atoms with E-state index in [1.165, 1.54) is 0 Å². The Morgan fingerprint density at radius 3 is 1.31 bits per heavy atom. The summed E-state index contributed by atoms with van der Waals surface area (Å²) in [4.78, 5) is 75.9. The molecule has 15 heteroatoms. The van der Waals surface area contributed by atoms with Gasteiger partial charge in [-0.2, -0.15) is 0 Å². The summed E-state index contributed by atoms with van der Waals surface area (Å²) in [7, 11) is 3.69. The van der Waals surface area contributed by atoms with Crippen molar-refractivity contribution < 1.29 is 33.4 Å². The van der Waals surface area contributed by atoms with Crippen LogP contribution in [0, 0.1) is 10.8 Å². The van der Waals surface area contributed by atoms with Gasteiger partial charge in [0.15, 0.2) is 0 Å². The van der Waals surface area contributed by atoms with Crippen molar-refractivity contribution in [3.05, 3.63) is 157 Å². The van der Waals surface area contributed by atoms with E-state index < -0.39 is 23.6 Å². The van der Waals surface area contributed by atoms with Gasteiger partial charge in [0.1, 0.15) is 19.3 Å². The van der Waals surface area contributed by atoms with Crippen molar-refractivity contribution in [2.45, 2.75) is 143 Å². The van der Waals surface area contributed by atoms with Gasteiger partial charge in [-0.15, -0.1) is 25.6 Å². The van der Waals surface area contributed by atoms with Gasteiger partial charge in [-0.3, -0.25) is 19.3 Å². The van der Waals surface area contributed by atoms with Gasteiger partial charge < -0.3 is 40.1 Å². The summed E-state index contributed by atoms with van der Waals surface area (Å²) in [6.07, 6.45) is 2.64. The third-order valence-electron chi connectivity index (χ3n) is 14.6. The Morgan fingerprint density at radius 2 is 0.962 bits per heavy atom. The Morgan fingerprint density at radius 1 is 0.603 bits per heavy atom. The molecule has 4 aromatic carbocycles. The zero-order valence-electron chi connectivity index (χ0n) is 48.6. The topological polar surface area (TPSA) is 158 Å². The first-order valence-electron chi connectivity index (χ1n) is 27.4. The average Bonchev–Trinajstić information content (AvgIpc) is 4.11. The number of halogens is 1. The van der Waals surface area contributed by atoms with Crippen LogP contribution in [-0.4, -0.2) is 138 Å². The number of nitrogens with two attached hydrogens (primary N) is 1. The van der Waals surface area contributed by atoms with Crippen molar-refractivity contribution in [2.75, 3.05) is 53.4 Å². The lowest BCUT2D eigenvalue weighted by Crippen LogP contribution is -2.59. The van der Waals surface area contributed by atoms with Crippen LogP contribution in [0.25, 0.3) is 0 Å². The van der Waals surface area contributed by atoms with Gasteiger partial charge in [-0.1, -0.05) is 177 Å². The van der Waals surface area contributed by atoms with Crippen LogP contribution in [0.1, 0.15) is 122 Å². The van der Waals surface area contributed by atoms with Gasteiger partial charge in [0.25, 0.3) is 0 Å². The third kappa shape index (κ3) is 20.2. The highest BCUT2D eigenvalue weighted by atomic mass is 35.5. The molecule has 14 nitrogen and oxygen atoms in total. The molecule has 5 amide bonds. The molecular formula is C63H92ClN7O7. The SMILES string of the molecule is C=C.C[C@H](CN(C[C@@H]1CCCN1C(=O)[C@@H](N)C(C)(C)C)C(=O)OCc1ccccc1)c1ccccc1.C[C@H](CN(C[C@@H]1CCCN1C(=O)[C@@H](NC(=O)[C@H](C)N(C)C)C(C)(C)C)C(=O)OCc1ccccc1)c1ccccc1.Cl. The Bertz CT molecular complexity index is 2420. The third-order valence-corrected chi connectivity index (χ3v) is 14.6. The van der Waals surface area contributed by atoms with E-state index in [9.17, 15) is 24.0 Å². The van der Waals surface area contributed by atoms with Gasteiger partial charge in [0.05, 0.1) is 12.1 Å². The predicted molar refractivity (Wildman–Crippen MR) is 316 cm³/mol. The van der Waals surface area contributed by atoms with Crippen LogP contribution in [0.2, 0.25) is 0 Å². The smallest absolute Gasteiger partial charge is 0.410 e. The standard InChI is InChI=1S/C33H48N4O4.C28H39N3O3.C2H4.ClH/c1-24(27-17-12-9-13-18-27)21-36(32(40)41-23-26-15-10-8-11-16-26)22-28-19-14-20-37(28)31(39)29(33(3,4)5)34-30(38)25(2)35(6)7;1-21(23-14-9-6-10-15-23)18-30(27(33)34-20-22-12-7-5-8-13-22)19-24-16-11-17-31(24)26(32)25(29)28(2,3)4;1-2;/h8-13,15-18,24-25,28-29H,14,19-23H2,1-7H3,(H,34,38);5-10,12-15,21,24-25H,11,16-20,29H2,1-4H3;1-2H2;1H/t24-,25+,28+,29-;21-,24+,25-;;/m11../s1. The molecule has 0 radical (unpaired) electrons. The first kappa shape index (κ1) is 66.1. The molecule has 0 aliphatic carbocycles. The molecule has 0 saturated carbocycles. The fourth-order valence-electron chi connectivity index (χ4n) is 9.50. The molecule has 428 valence electrons. The van der Waals surface area contributed by atoms with Crippen molar-refractivity contribution >= 4 is 42.3 Å². The number of amides is 5. The maximum absolute atomic E-state index is 14.0. The largest absolute Gasteiger partial charge is 0.445 e. The Labute approximate surface area is 473 Å². The minimum atomic E-state index is -0.681. The van der Waals surface area contributed by atoms with Gasteiger partial charge in [-0.05, 0) is 91.6 Å². The molecule has 0 spiro atoms. The summed E-state index contributed by atoms with van der Waals surface area (Å²) in [5.74, 6) is -0.105. The van der Waals surface area contributed by atoms with Crippen molar-refractivity contribution in [1.82, 2.24) is 29.8 Å². The second-order valence-electron chi connectivity index (χ2n) is 23.0. The van der Waals surface area contributed by atoms with Gasteiger partial charge >= 0.3 is 12.2 Å². The van der Waals surface area contributed by atoms with Crippen LogP contribution in [0.3, 0.4) is 0 Å². The molecule has 4 aromatic rings. The van der Waals surface area contributed by atoms with Crippen molar-refractivity contribution in [3.8, 4) is 0 Å². The number of hydrogen-bond acceptors (Lipinski definition) is 9. The van der Waals surface area contributed by atoms with E-state index >= 15 is 0 Å². The average molecular weight is 1090 g/mol. The number of likely N-dealkylation sites (tertiary alicyclic amines) is 2. The molecule has 2 aliphatic rings. The molecule has 0 aromatic heterocycles. The molecule has 2 saturated heterocycles. The van der Waals surface area contributed by atoms with Crippen molar-refractivity contribution in [1.29, 1.82) is 0 Å². The van der Waals surface area contributed by atoms with Gasteiger partial charge in [0.2, 0.25) is 17.7 Å². The summed E-state index contributed by atoms with van der Waals surface area (Å²) in [6.45, 7) is 27.4. The molecule has 7 atom stereocenters. The molecule has 78 heavy (non-hydrogen) atoms. The fourth-order valence-corrected chi connectivity index (χ4v) is 9.50. The van der Waals surface area contributed by atoms with Crippen LogP contribution >= 0.6 is 12.4 Å². The zero-order chi connectivity index (χ0) is 56.9. The molecule has 2 aliphatic heterocycles. The molecule has 2 heterocycles. The first-order valence-corrected chi connectivity index (χ1v) is 27.4. The molecule has 0 unspecified atom stereocenters. The summed E-state index contributed by atoms with van der Waals surface area (Å²) in [5.41, 5.74) is 9.66. The summed E-state index contributed by atoms with van der Waals surface area (Å²) in [5, 5.41) is 3.03. The maximum atomic E-state index is 14.0. The van der Waals surface area contributed by atoms with Crippen LogP contribution in [-0.2, 0) is 37.1 Å². The number of benzene rings is 4. The highest BCUT2D eigenvalue weighted by Crippen LogP contribution is 2.29. The molecular weight excluding hydrogens is 1000 g/mol. The predicted octanol–water partition coefficient (Wildman–Crippen LogP) is 10.9. The molecule has 6 rings (SSSR count). The minimum absolute atomic E-state index is 0. The maximum Gasteiger partial charge on any atom is 0.410 e. The van der Waals surface area contributed by atoms with E-state index in [4.69, 9.17) is 15.2 Å². The van der Waals surface area contributed by atoms with Gasteiger partial charge in [-0.25, -0.2) is 9.59 Å². The summed E-state index contributed by atoms with van der Waals surface area (Å²) < 4.78 is 11.5. The number of ether oxygens (including phenoxy) is 2. The van der Waals surface area contributed by atoms with Crippen LogP contribution < -0.4 is 11.1 Å². The highest BCUT2D eigenvalue weighted by Gasteiger charge is 2.42. The lowest BCUT2D eigenvalue weighted by atomic mass is 9.85. The number of carbonyl (C=O) groups excluding carboxylic acids is 5. The number of nitrogens with one attached hydrogen (secondary N) is 1. The number of rotatable bonds is 19. The number of hydrogen-bond donors (Lipinski definition) is 2. The van der Waals surface area contributed by atoms with E-state index in [1.807, 2.05) is 174 Å². The second-order valence-corrected chi connectivity index (χ2v) is 23.0. The van der Waals surface area contributed by atoms with E-state index in [0.717, 1.165) is 47.9 Å². The summed E-state index contributed by atoms with van der Waals surface area (Å²) >= 11 is 0. The van der Waals surface area contributed by atoms with E-state index in [2.05, 4.69) is 56.6 Å². The fraction of sp³-hybridized carbons (Fsp3) is 0.508. The molecule has 3 N–H and O–H groups in total. The quantitative estimate of drug-likeness (QED) is 0.0872. The monoisotopic (exact) mass is 1090 g/mol. The van der Waals surface area contributed by atoms with E-state index in [1.54, 1.807) is 9.80 Å². The van der Waals surface area contributed by atoms with Crippen molar-refractivity contribution in [3.63, 3.8) is 0 Å². The second kappa shape index (κ2) is 32.0. The normalized spacial score (nSPS) is 17.0. The number of nitrogens with zero attached hydrogens (tertiary/aromatic N) is 5. The number of likely N-dealkylation sites (N-methyl/N-ethyl adjacent to an activating group) is 1. The van der Waals surface area contributed by atoms with Crippen LogP contribution in [0.5, 0.6) is 0 Å². The lowest BCUT2D eigenvalue weighted by Gasteiger charge is -2.38. The van der Waals surface area contributed by atoms with E-state index in [-0.39, 0.29) is 84.8 Å². The van der Waals surface area contributed by atoms with Crippen LogP contribution in [0.4, 0.5) is 9.59 Å². The molecule has 0 bridgehead atoms. The zero-order valence-corrected chi connectivity index (χ0v) is 49.4.